The van der Waals surface area contributed by atoms with Gasteiger partial charge in [0.1, 0.15) is 13.2 Å². The molecule has 33 heavy (non-hydrogen) atoms. The molecule has 174 valence electrons. The molecule has 4 heterocycles. The molecule has 1 fully saturated rings. The highest BCUT2D eigenvalue weighted by Gasteiger charge is 2.28. The molecule has 0 spiro atoms. The molecule has 1 aromatic carbocycles. The van der Waals surface area contributed by atoms with Crippen molar-refractivity contribution < 1.29 is 14.3 Å². The first-order valence-electron chi connectivity index (χ1n) is 11.4. The molecular formula is C24H29N5O3S. The number of amides is 1. The molecule has 2 aromatic heterocycles. The van der Waals surface area contributed by atoms with Crippen molar-refractivity contribution in [3.05, 3.63) is 47.3 Å². The van der Waals surface area contributed by atoms with Gasteiger partial charge in [0, 0.05) is 30.4 Å². The van der Waals surface area contributed by atoms with E-state index < -0.39 is 0 Å². The standard InChI is InChI=1S/C24H29N5O3S/c1-15-4-5-16(2)29(15)24-27-26-23(33-24)28-10-8-18(9-11-28)22(30)25-17(3)19-6-7-20-21(14-19)32-13-12-31-20/h4-7,14,17-18H,8-13H2,1-3H3,(H,25,30)/t17-/m0/s1. The highest BCUT2D eigenvalue weighted by molar-refractivity contribution is 7.17. The second-order valence-electron chi connectivity index (χ2n) is 8.71. The zero-order valence-corrected chi connectivity index (χ0v) is 20.0. The molecule has 2 aliphatic heterocycles. The summed E-state index contributed by atoms with van der Waals surface area (Å²) in [4.78, 5) is 15.2. The Morgan fingerprint density at radius 1 is 1.03 bits per heavy atom. The van der Waals surface area contributed by atoms with E-state index in [2.05, 4.69) is 51.0 Å². The molecule has 1 saturated heterocycles. The number of rotatable bonds is 5. The topological polar surface area (TPSA) is 81.5 Å². The first kappa shape index (κ1) is 21.8. The summed E-state index contributed by atoms with van der Waals surface area (Å²) in [7, 11) is 0. The summed E-state index contributed by atoms with van der Waals surface area (Å²) in [6.07, 6.45) is 1.60. The van der Waals surface area contributed by atoms with Gasteiger partial charge in [-0.3, -0.25) is 9.36 Å². The van der Waals surface area contributed by atoms with Crippen LogP contribution < -0.4 is 19.7 Å². The van der Waals surface area contributed by atoms with E-state index in [0.29, 0.717) is 13.2 Å². The number of aromatic nitrogens is 3. The van der Waals surface area contributed by atoms with Crippen molar-refractivity contribution in [2.24, 2.45) is 5.92 Å². The van der Waals surface area contributed by atoms with Crippen LogP contribution in [0.25, 0.3) is 5.13 Å². The zero-order chi connectivity index (χ0) is 22.9. The predicted octanol–water partition coefficient (Wildman–Crippen LogP) is 3.81. The molecule has 0 bridgehead atoms. The Kier molecular flexibility index (Phi) is 5.97. The van der Waals surface area contributed by atoms with Crippen molar-refractivity contribution in [3.63, 3.8) is 0 Å². The fourth-order valence-electron chi connectivity index (χ4n) is 4.47. The number of fused-ring (bicyclic) bond motifs is 1. The zero-order valence-electron chi connectivity index (χ0n) is 19.2. The average molecular weight is 468 g/mol. The maximum absolute atomic E-state index is 12.9. The number of anilines is 1. The van der Waals surface area contributed by atoms with E-state index in [9.17, 15) is 4.79 Å². The van der Waals surface area contributed by atoms with Crippen LogP contribution in [0.15, 0.2) is 30.3 Å². The largest absolute Gasteiger partial charge is 0.486 e. The summed E-state index contributed by atoms with van der Waals surface area (Å²) >= 11 is 1.60. The minimum atomic E-state index is -0.0925. The van der Waals surface area contributed by atoms with Crippen LogP contribution in [0.3, 0.4) is 0 Å². The van der Waals surface area contributed by atoms with Gasteiger partial charge in [0.25, 0.3) is 0 Å². The summed E-state index contributed by atoms with van der Waals surface area (Å²) < 4.78 is 13.4. The van der Waals surface area contributed by atoms with Gasteiger partial charge in [-0.05, 0) is 63.4 Å². The van der Waals surface area contributed by atoms with Crippen LogP contribution in [0.4, 0.5) is 5.13 Å². The quantitative estimate of drug-likeness (QED) is 0.615. The highest BCUT2D eigenvalue weighted by atomic mass is 32.1. The van der Waals surface area contributed by atoms with E-state index in [1.807, 2.05) is 25.1 Å². The number of hydrogen-bond acceptors (Lipinski definition) is 7. The van der Waals surface area contributed by atoms with Crippen molar-refractivity contribution in [2.45, 2.75) is 39.7 Å². The first-order chi connectivity index (χ1) is 16.0. The normalized spacial score (nSPS) is 17.1. The minimum Gasteiger partial charge on any atom is -0.486 e. The third-order valence-electron chi connectivity index (χ3n) is 6.43. The van der Waals surface area contributed by atoms with Crippen molar-refractivity contribution in [1.29, 1.82) is 0 Å². The van der Waals surface area contributed by atoms with Crippen LogP contribution in [0.5, 0.6) is 11.5 Å². The van der Waals surface area contributed by atoms with E-state index in [4.69, 9.17) is 9.47 Å². The Morgan fingerprint density at radius 2 is 1.70 bits per heavy atom. The molecular weight excluding hydrogens is 438 g/mol. The van der Waals surface area contributed by atoms with Gasteiger partial charge in [-0.2, -0.15) is 0 Å². The van der Waals surface area contributed by atoms with E-state index in [-0.39, 0.29) is 17.9 Å². The number of benzene rings is 1. The third kappa shape index (κ3) is 4.42. The molecule has 9 heteroatoms. The summed E-state index contributed by atoms with van der Waals surface area (Å²) in [6.45, 7) is 8.88. The fraction of sp³-hybridized carbons (Fsp3) is 0.458. The van der Waals surface area contributed by atoms with E-state index in [1.54, 1.807) is 11.3 Å². The van der Waals surface area contributed by atoms with Crippen LogP contribution in [0.1, 0.15) is 42.8 Å². The SMILES string of the molecule is Cc1ccc(C)n1-c1nnc(N2CCC(C(=O)N[C@@H](C)c3ccc4c(c3)OCCO4)CC2)s1. The molecule has 3 aromatic rings. The Hall–Kier alpha value is -3.07. The van der Waals surface area contributed by atoms with Gasteiger partial charge in [0.05, 0.1) is 6.04 Å². The predicted molar refractivity (Wildman–Crippen MR) is 128 cm³/mol. The number of nitrogens with one attached hydrogen (secondary N) is 1. The van der Waals surface area contributed by atoms with Gasteiger partial charge in [0.15, 0.2) is 11.5 Å². The van der Waals surface area contributed by atoms with E-state index in [1.165, 1.54) is 0 Å². The van der Waals surface area contributed by atoms with Gasteiger partial charge in [-0.25, -0.2) is 0 Å². The Balaban J connectivity index is 1.17. The average Bonchev–Trinajstić information content (AvgIpc) is 3.44. The van der Waals surface area contributed by atoms with Crippen LogP contribution in [0, 0.1) is 19.8 Å². The Morgan fingerprint density at radius 3 is 2.42 bits per heavy atom. The van der Waals surface area contributed by atoms with E-state index >= 15 is 0 Å². The number of aryl methyl sites for hydroxylation is 2. The molecule has 1 atom stereocenters. The molecule has 0 radical (unpaired) electrons. The number of piperidine rings is 1. The van der Waals surface area contributed by atoms with Crippen LogP contribution in [-0.2, 0) is 4.79 Å². The van der Waals surface area contributed by atoms with Crippen molar-refractivity contribution in [1.82, 2.24) is 20.1 Å². The molecule has 1 amide bonds. The first-order valence-corrected chi connectivity index (χ1v) is 12.2. The lowest BCUT2D eigenvalue weighted by Crippen LogP contribution is -2.41. The molecule has 0 unspecified atom stereocenters. The van der Waals surface area contributed by atoms with Crippen molar-refractivity contribution >= 4 is 22.4 Å². The fourth-order valence-corrected chi connectivity index (χ4v) is 5.49. The Labute approximate surface area is 197 Å². The molecule has 5 rings (SSSR count). The molecule has 2 aliphatic rings. The lowest BCUT2D eigenvalue weighted by atomic mass is 9.95. The second kappa shape index (κ2) is 9.05. The number of carbonyl (C=O) groups is 1. The van der Waals surface area contributed by atoms with Gasteiger partial charge >= 0.3 is 0 Å². The number of carbonyl (C=O) groups excluding carboxylic acids is 1. The third-order valence-corrected chi connectivity index (χ3v) is 7.40. The van der Waals surface area contributed by atoms with Crippen LogP contribution >= 0.6 is 11.3 Å². The van der Waals surface area contributed by atoms with Crippen LogP contribution in [-0.4, -0.2) is 47.0 Å². The maximum atomic E-state index is 12.9. The number of nitrogens with zero attached hydrogens (tertiary/aromatic N) is 4. The molecule has 0 aliphatic carbocycles. The lowest BCUT2D eigenvalue weighted by Gasteiger charge is -2.31. The van der Waals surface area contributed by atoms with Gasteiger partial charge < -0.3 is 19.7 Å². The van der Waals surface area contributed by atoms with Gasteiger partial charge in [0.2, 0.25) is 16.2 Å². The summed E-state index contributed by atoms with van der Waals surface area (Å²) in [5.74, 6) is 1.61. The minimum absolute atomic E-state index is 0.00207. The highest BCUT2D eigenvalue weighted by Crippen LogP contribution is 2.33. The maximum Gasteiger partial charge on any atom is 0.223 e. The molecule has 0 saturated carbocycles. The number of hydrogen-bond donors (Lipinski definition) is 1. The summed E-state index contributed by atoms with van der Waals surface area (Å²) in [6, 6.07) is 9.95. The van der Waals surface area contributed by atoms with Gasteiger partial charge in [-0.15, -0.1) is 10.2 Å². The van der Waals surface area contributed by atoms with Crippen molar-refractivity contribution in [2.75, 3.05) is 31.2 Å². The smallest absolute Gasteiger partial charge is 0.223 e. The lowest BCUT2D eigenvalue weighted by molar-refractivity contribution is -0.126. The Bertz CT molecular complexity index is 1130. The molecule has 1 N–H and O–H groups in total. The molecule has 8 nitrogen and oxygen atoms in total. The monoisotopic (exact) mass is 467 g/mol. The van der Waals surface area contributed by atoms with Crippen molar-refractivity contribution in [3.8, 4) is 16.6 Å². The van der Waals surface area contributed by atoms with Gasteiger partial charge in [-0.1, -0.05) is 17.4 Å². The van der Waals surface area contributed by atoms with E-state index in [0.717, 1.165) is 64.6 Å². The number of ether oxygens (including phenoxy) is 2. The summed E-state index contributed by atoms with van der Waals surface area (Å²) in [5.41, 5.74) is 3.32. The van der Waals surface area contributed by atoms with Crippen LogP contribution in [0.2, 0.25) is 0 Å². The second-order valence-corrected chi connectivity index (χ2v) is 9.65. The summed E-state index contributed by atoms with van der Waals surface area (Å²) in [5, 5.41) is 13.8.